The Labute approximate surface area is 99.1 Å². The molecule has 0 saturated carbocycles. The molecule has 0 saturated heterocycles. The van der Waals surface area contributed by atoms with Gasteiger partial charge in [0.05, 0.1) is 0 Å². The highest BCUT2D eigenvalue weighted by Gasteiger charge is 1.95. The van der Waals surface area contributed by atoms with E-state index in [1.54, 1.807) is 12.2 Å². The van der Waals surface area contributed by atoms with Gasteiger partial charge < -0.3 is 5.32 Å². The first kappa shape index (κ1) is 14.7. The number of allylic oxidation sites excluding steroid dienone is 4. The number of hydrogen-bond acceptors (Lipinski definition) is 1. The van der Waals surface area contributed by atoms with Crippen molar-refractivity contribution in [1.29, 1.82) is 0 Å². The summed E-state index contributed by atoms with van der Waals surface area (Å²) in [6.07, 6.45) is 12.4. The second-order valence-electron chi connectivity index (χ2n) is 4.15. The Morgan fingerprint density at radius 1 is 1.31 bits per heavy atom. The van der Waals surface area contributed by atoms with Gasteiger partial charge in [0.15, 0.2) is 0 Å². The number of hydrogen-bond donors (Lipinski definition) is 1. The van der Waals surface area contributed by atoms with E-state index in [-0.39, 0.29) is 5.91 Å². The first-order valence-corrected chi connectivity index (χ1v) is 5.88. The van der Waals surface area contributed by atoms with E-state index in [9.17, 15) is 4.79 Å². The number of unbranched alkanes of at least 4 members (excludes halogenated alkanes) is 2. The van der Waals surface area contributed by atoms with Gasteiger partial charge in [-0.3, -0.25) is 4.79 Å². The number of carbonyl (C=O) groups excluding carboxylic acids is 1. The van der Waals surface area contributed by atoms with E-state index in [1.807, 2.05) is 12.2 Å². The summed E-state index contributed by atoms with van der Waals surface area (Å²) in [7, 11) is 0. The van der Waals surface area contributed by atoms with Crippen LogP contribution in [0.3, 0.4) is 0 Å². The summed E-state index contributed by atoms with van der Waals surface area (Å²) in [5, 5.41) is 2.82. The lowest BCUT2D eigenvalue weighted by atomic mass is 10.2. The summed E-state index contributed by atoms with van der Waals surface area (Å²) < 4.78 is 0. The van der Waals surface area contributed by atoms with Crippen LogP contribution in [0.25, 0.3) is 0 Å². The molecule has 90 valence electrons. The third-order valence-corrected chi connectivity index (χ3v) is 1.96. The van der Waals surface area contributed by atoms with Crippen molar-refractivity contribution >= 4 is 5.91 Å². The van der Waals surface area contributed by atoms with Crippen LogP contribution in [0.1, 0.15) is 33.1 Å². The molecule has 1 amide bonds. The van der Waals surface area contributed by atoms with Crippen molar-refractivity contribution in [3.05, 3.63) is 37.0 Å². The Hall–Kier alpha value is -1.31. The standard InChI is InChI=1S/C14H23NO/c1-4-5-6-7-8-9-10-11-14(16)15-12-13(2)3/h4,8-11,13H,1,5-7,12H2,2-3H3,(H,15,16)/b9-8+,11-10+. The number of carbonyl (C=O) groups is 1. The fourth-order valence-corrected chi connectivity index (χ4v) is 1.06. The van der Waals surface area contributed by atoms with Crippen molar-refractivity contribution in [2.45, 2.75) is 33.1 Å². The molecule has 2 nitrogen and oxygen atoms in total. The van der Waals surface area contributed by atoms with E-state index in [1.165, 1.54) is 0 Å². The molecule has 0 radical (unpaired) electrons. The van der Waals surface area contributed by atoms with Crippen LogP contribution in [-0.2, 0) is 4.79 Å². The molecule has 0 atom stereocenters. The Morgan fingerprint density at radius 3 is 2.69 bits per heavy atom. The van der Waals surface area contributed by atoms with Gasteiger partial charge in [0.2, 0.25) is 5.91 Å². The normalized spacial score (nSPS) is 11.4. The van der Waals surface area contributed by atoms with Crippen LogP contribution in [0.5, 0.6) is 0 Å². The van der Waals surface area contributed by atoms with E-state index in [0.29, 0.717) is 5.92 Å². The van der Waals surface area contributed by atoms with Gasteiger partial charge in [-0.25, -0.2) is 0 Å². The van der Waals surface area contributed by atoms with Crippen molar-refractivity contribution in [3.8, 4) is 0 Å². The Kier molecular flexibility index (Phi) is 9.38. The number of amides is 1. The molecule has 0 aliphatic heterocycles. The topological polar surface area (TPSA) is 29.1 Å². The lowest BCUT2D eigenvalue weighted by molar-refractivity contribution is -0.116. The fraction of sp³-hybridized carbons (Fsp3) is 0.500. The summed E-state index contributed by atoms with van der Waals surface area (Å²) >= 11 is 0. The molecule has 16 heavy (non-hydrogen) atoms. The average molecular weight is 221 g/mol. The van der Waals surface area contributed by atoms with Crippen molar-refractivity contribution in [2.24, 2.45) is 5.92 Å². The van der Waals surface area contributed by atoms with Gasteiger partial charge in [0.25, 0.3) is 0 Å². The lowest BCUT2D eigenvalue weighted by Crippen LogP contribution is -2.25. The van der Waals surface area contributed by atoms with Crippen LogP contribution in [0, 0.1) is 5.92 Å². The Morgan fingerprint density at radius 2 is 2.06 bits per heavy atom. The molecule has 0 heterocycles. The van der Waals surface area contributed by atoms with Crippen LogP contribution in [0.4, 0.5) is 0 Å². The monoisotopic (exact) mass is 221 g/mol. The highest BCUT2D eigenvalue weighted by molar-refractivity contribution is 5.87. The molecule has 0 aliphatic rings. The van der Waals surface area contributed by atoms with Crippen molar-refractivity contribution in [2.75, 3.05) is 6.54 Å². The third kappa shape index (κ3) is 10.8. The zero-order valence-electron chi connectivity index (χ0n) is 10.4. The maximum absolute atomic E-state index is 11.2. The summed E-state index contributed by atoms with van der Waals surface area (Å²) in [6, 6.07) is 0. The van der Waals surface area contributed by atoms with E-state index < -0.39 is 0 Å². The van der Waals surface area contributed by atoms with Crippen molar-refractivity contribution in [3.63, 3.8) is 0 Å². The van der Waals surface area contributed by atoms with Gasteiger partial charge in [-0.05, 0) is 25.2 Å². The predicted molar refractivity (Wildman–Crippen MR) is 70.2 cm³/mol. The van der Waals surface area contributed by atoms with Crippen molar-refractivity contribution in [1.82, 2.24) is 5.32 Å². The maximum Gasteiger partial charge on any atom is 0.243 e. The van der Waals surface area contributed by atoms with Crippen LogP contribution >= 0.6 is 0 Å². The summed E-state index contributed by atoms with van der Waals surface area (Å²) in [4.78, 5) is 11.2. The van der Waals surface area contributed by atoms with E-state index >= 15 is 0 Å². The quantitative estimate of drug-likeness (QED) is 0.290. The second kappa shape index (κ2) is 10.2. The minimum atomic E-state index is -0.0237. The van der Waals surface area contributed by atoms with E-state index in [2.05, 4.69) is 31.8 Å². The lowest BCUT2D eigenvalue weighted by Gasteiger charge is -2.03. The van der Waals surface area contributed by atoms with Crippen LogP contribution in [0.15, 0.2) is 37.0 Å². The summed E-state index contributed by atoms with van der Waals surface area (Å²) in [5.74, 6) is 0.469. The summed E-state index contributed by atoms with van der Waals surface area (Å²) in [6.45, 7) is 8.54. The molecule has 0 fully saturated rings. The molecule has 0 spiro atoms. The van der Waals surface area contributed by atoms with Gasteiger partial charge in [-0.2, -0.15) is 0 Å². The molecule has 0 rings (SSSR count). The van der Waals surface area contributed by atoms with Gasteiger partial charge in [-0.1, -0.05) is 38.2 Å². The highest BCUT2D eigenvalue weighted by Crippen LogP contribution is 1.96. The van der Waals surface area contributed by atoms with Gasteiger partial charge in [0.1, 0.15) is 0 Å². The minimum absolute atomic E-state index is 0.0237. The average Bonchev–Trinajstić information content (AvgIpc) is 2.25. The second-order valence-corrected chi connectivity index (χ2v) is 4.15. The first-order valence-electron chi connectivity index (χ1n) is 5.88. The minimum Gasteiger partial charge on any atom is -0.352 e. The fourth-order valence-electron chi connectivity index (χ4n) is 1.06. The Balaban J connectivity index is 3.58. The van der Waals surface area contributed by atoms with Crippen LogP contribution in [0.2, 0.25) is 0 Å². The van der Waals surface area contributed by atoms with Crippen LogP contribution in [-0.4, -0.2) is 12.5 Å². The molecule has 0 aromatic heterocycles. The molecule has 0 aliphatic carbocycles. The van der Waals surface area contributed by atoms with E-state index in [0.717, 1.165) is 25.8 Å². The van der Waals surface area contributed by atoms with Crippen LogP contribution < -0.4 is 5.32 Å². The third-order valence-electron chi connectivity index (χ3n) is 1.96. The SMILES string of the molecule is C=CCCC/C=C/C=C/C(=O)NCC(C)C. The molecule has 0 aromatic carbocycles. The molecular weight excluding hydrogens is 198 g/mol. The number of rotatable bonds is 8. The molecule has 0 unspecified atom stereocenters. The molecule has 0 aromatic rings. The predicted octanol–water partition coefficient (Wildman–Crippen LogP) is 3.23. The molecule has 0 bridgehead atoms. The van der Waals surface area contributed by atoms with Gasteiger partial charge in [-0.15, -0.1) is 6.58 Å². The number of nitrogens with one attached hydrogen (secondary N) is 1. The molecule has 1 N–H and O–H groups in total. The maximum atomic E-state index is 11.2. The largest absolute Gasteiger partial charge is 0.352 e. The van der Waals surface area contributed by atoms with E-state index in [4.69, 9.17) is 0 Å². The molecule has 2 heteroatoms. The highest BCUT2D eigenvalue weighted by atomic mass is 16.1. The summed E-state index contributed by atoms with van der Waals surface area (Å²) in [5.41, 5.74) is 0. The zero-order chi connectivity index (χ0) is 12.2. The smallest absolute Gasteiger partial charge is 0.243 e. The molecular formula is C14H23NO. The first-order chi connectivity index (χ1) is 7.66. The van der Waals surface area contributed by atoms with Gasteiger partial charge >= 0.3 is 0 Å². The Bertz CT molecular complexity index is 251. The van der Waals surface area contributed by atoms with Crippen molar-refractivity contribution < 1.29 is 4.79 Å². The zero-order valence-corrected chi connectivity index (χ0v) is 10.4. The van der Waals surface area contributed by atoms with Gasteiger partial charge in [0, 0.05) is 12.6 Å².